The molecule has 98 valence electrons. The number of rotatable bonds is 6. The van der Waals surface area contributed by atoms with Crippen molar-refractivity contribution in [2.24, 2.45) is 5.41 Å². The van der Waals surface area contributed by atoms with Gasteiger partial charge in [-0.2, -0.15) is 0 Å². The molecule has 5 nitrogen and oxygen atoms in total. The molecule has 0 aliphatic heterocycles. The van der Waals surface area contributed by atoms with Crippen LogP contribution in [0.1, 0.15) is 18.4 Å². The highest BCUT2D eigenvalue weighted by Crippen LogP contribution is 2.44. The zero-order valence-electron chi connectivity index (χ0n) is 9.86. The highest BCUT2D eigenvalue weighted by atomic mass is 79.9. The van der Waals surface area contributed by atoms with Crippen molar-refractivity contribution in [2.75, 3.05) is 13.2 Å². The van der Waals surface area contributed by atoms with Crippen molar-refractivity contribution in [2.45, 2.75) is 19.4 Å². The van der Waals surface area contributed by atoms with E-state index in [-0.39, 0.29) is 17.7 Å². The summed E-state index contributed by atoms with van der Waals surface area (Å²) in [6.45, 7) is 1.65. The van der Waals surface area contributed by atoms with Crippen molar-refractivity contribution in [3.05, 3.63) is 38.3 Å². The third-order valence-corrected chi connectivity index (χ3v) is 4.09. The third kappa shape index (κ3) is 3.07. The normalized spacial score (nSPS) is 16.6. The molecule has 1 aliphatic carbocycles. The van der Waals surface area contributed by atoms with Gasteiger partial charge in [0.1, 0.15) is 0 Å². The molecule has 0 heterocycles. The maximum Gasteiger partial charge on any atom is 0.270 e. The third-order valence-electron chi connectivity index (χ3n) is 3.36. The number of aliphatic hydroxyl groups is 1. The van der Waals surface area contributed by atoms with Gasteiger partial charge < -0.3 is 10.4 Å². The van der Waals surface area contributed by atoms with E-state index in [1.165, 1.54) is 12.1 Å². The van der Waals surface area contributed by atoms with Gasteiger partial charge in [-0.1, -0.05) is 15.9 Å². The minimum absolute atomic E-state index is 0.0766. The molecule has 6 heteroatoms. The van der Waals surface area contributed by atoms with Gasteiger partial charge in [-0.25, -0.2) is 0 Å². The Balaban J connectivity index is 1.91. The van der Waals surface area contributed by atoms with E-state index in [9.17, 15) is 15.2 Å². The van der Waals surface area contributed by atoms with Crippen molar-refractivity contribution in [3.63, 3.8) is 0 Å². The number of hydrogen-bond donors (Lipinski definition) is 2. The number of nitro benzene ring substituents is 1. The lowest BCUT2D eigenvalue weighted by Gasteiger charge is -2.13. The molecule has 1 aliphatic rings. The number of halogens is 1. The zero-order chi connectivity index (χ0) is 13.2. The van der Waals surface area contributed by atoms with E-state index in [1.807, 2.05) is 0 Å². The molecule has 0 radical (unpaired) electrons. The van der Waals surface area contributed by atoms with Crippen LogP contribution in [0.2, 0.25) is 0 Å². The van der Waals surface area contributed by atoms with Crippen LogP contribution in [0, 0.1) is 15.5 Å². The van der Waals surface area contributed by atoms with Crippen LogP contribution in [0.5, 0.6) is 0 Å². The SMILES string of the molecule is O=[N+]([O-])c1ccc(CNCC2(CO)CC2)c(Br)c1. The summed E-state index contributed by atoms with van der Waals surface area (Å²) in [5.41, 5.74) is 1.14. The molecule has 1 saturated carbocycles. The Bertz CT molecular complexity index is 461. The van der Waals surface area contributed by atoms with Crippen LogP contribution in [0.15, 0.2) is 22.7 Å². The molecule has 0 spiro atoms. The first-order chi connectivity index (χ1) is 8.56. The highest BCUT2D eigenvalue weighted by molar-refractivity contribution is 9.10. The molecule has 0 bridgehead atoms. The van der Waals surface area contributed by atoms with Gasteiger partial charge in [0.05, 0.1) is 4.92 Å². The molecule has 1 aromatic rings. The van der Waals surface area contributed by atoms with Crippen LogP contribution in [0.4, 0.5) is 5.69 Å². The fourth-order valence-corrected chi connectivity index (χ4v) is 2.33. The summed E-state index contributed by atoms with van der Waals surface area (Å²) in [5.74, 6) is 0. The van der Waals surface area contributed by atoms with E-state index in [0.29, 0.717) is 6.54 Å². The summed E-state index contributed by atoms with van der Waals surface area (Å²) in [5, 5.41) is 23.1. The minimum atomic E-state index is -0.410. The summed E-state index contributed by atoms with van der Waals surface area (Å²) in [6.07, 6.45) is 2.13. The predicted octanol–water partition coefficient (Wildman–Crippen LogP) is 2.22. The fraction of sp³-hybridized carbons (Fsp3) is 0.500. The molecule has 1 aromatic carbocycles. The monoisotopic (exact) mass is 314 g/mol. The molecule has 18 heavy (non-hydrogen) atoms. The van der Waals surface area contributed by atoms with Crippen molar-refractivity contribution < 1.29 is 10.0 Å². The zero-order valence-corrected chi connectivity index (χ0v) is 11.4. The summed E-state index contributed by atoms with van der Waals surface area (Å²) in [6, 6.07) is 4.75. The van der Waals surface area contributed by atoms with Crippen LogP contribution in [0.3, 0.4) is 0 Å². The molecule has 2 N–H and O–H groups in total. The molecule has 1 fully saturated rings. The Hall–Kier alpha value is -0.980. The number of aliphatic hydroxyl groups excluding tert-OH is 1. The Morgan fingerprint density at radius 2 is 2.22 bits per heavy atom. The lowest BCUT2D eigenvalue weighted by Crippen LogP contribution is -2.26. The topological polar surface area (TPSA) is 75.4 Å². The van der Waals surface area contributed by atoms with E-state index in [2.05, 4.69) is 21.2 Å². The van der Waals surface area contributed by atoms with E-state index < -0.39 is 4.92 Å². The molecule has 0 aromatic heterocycles. The number of nitrogens with zero attached hydrogens (tertiary/aromatic N) is 1. The first-order valence-corrected chi connectivity index (χ1v) is 6.60. The van der Waals surface area contributed by atoms with Gasteiger partial charge in [0, 0.05) is 41.7 Å². The van der Waals surface area contributed by atoms with E-state index in [4.69, 9.17) is 0 Å². The van der Waals surface area contributed by atoms with Crippen LogP contribution in [-0.4, -0.2) is 23.2 Å². The second-order valence-corrected chi connectivity index (χ2v) is 5.65. The summed E-state index contributed by atoms with van der Waals surface area (Å²) < 4.78 is 0.734. The number of nitro groups is 1. The Labute approximate surface area is 113 Å². The molecule has 0 saturated heterocycles. The standard InChI is InChI=1S/C12H15BrN2O3/c13-11-5-10(15(17)18)2-1-9(11)6-14-7-12(8-16)3-4-12/h1-2,5,14,16H,3-4,6-8H2. The van der Waals surface area contributed by atoms with Gasteiger partial charge in [-0.05, 0) is 24.5 Å². The van der Waals surface area contributed by atoms with Crippen LogP contribution < -0.4 is 5.32 Å². The van der Waals surface area contributed by atoms with Gasteiger partial charge >= 0.3 is 0 Å². The molecular formula is C12H15BrN2O3. The van der Waals surface area contributed by atoms with Crippen LogP contribution >= 0.6 is 15.9 Å². The second kappa shape index (κ2) is 5.34. The molecular weight excluding hydrogens is 300 g/mol. The smallest absolute Gasteiger partial charge is 0.270 e. The largest absolute Gasteiger partial charge is 0.396 e. The Morgan fingerprint density at radius 1 is 1.50 bits per heavy atom. The van der Waals surface area contributed by atoms with Gasteiger partial charge in [0.25, 0.3) is 5.69 Å². The summed E-state index contributed by atoms with van der Waals surface area (Å²) >= 11 is 3.33. The minimum Gasteiger partial charge on any atom is -0.396 e. The predicted molar refractivity (Wildman–Crippen MR) is 71.3 cm³/mol. The molecule has 0 atom stereocenters. The molecule has 2 rings (SSSR count). The number of non-ortho nitro benzene ring substituents is 1. The highest BCUT2D eigenvalue weighted by Gasteiger charge is 2.41. The van der Waals surface area contributed by atoms with Crippen molar-refractivity contribution in [1.82, 2.24) is 5.32 Å². The van der Waals surface area contributed by atoms with Crippen molar-refractivity contribution in [3.8, 4) is 0 Å². The quantitative estimate of drug-likeness (QED) is 0.623. The lowest BCUT2D eigenvalue weighted by molar-refractivity contribution is -0.384. The molecule has 0 amide bonds. The van der Waals surface area contributed by atoms with Crippen molar-refractivity contribution >= 4 is 21.6 Å². The van der Waals surface area contributed by atoms with E-state index >= 15 is 0 Å². The number of nitrogens with one attached hydrogen (secondary N) is 1. The maximum absolute atomic E-state index is 10.6. The first-order valence-electron chi connectivity index (χ1n) is 5.81. The number of benzene rings is 1. The maximum atomic E-state index is 10.6. The van der Waals surface area contributed by atoms with Crippen molar-refractivity contribution in [1.29, 1.82) is 0 Å². The average Bonchev–Trinajstić information content (AvgIpc) is 3.11. The van der Waals surface area contributed by atoms with Gasteiger partial charge in [-0.3, -0.25) is 10.1 Å². The van der Waals surface area contributed by atoms with Gasteiger partial charge in [-0.15, -0.1) is 0 Å². The van der Waals surface area contributed by atoms with Gasteiger partial charge in [0.15, 0.2) is 0 Å². The fourth-order valence-electron chi connectivity index (χ4n) is 1.82. The first kappa shape index (κ1) is 13.5. The Kier molecular flexibility index (Phi) is 3.99. The van der Waals surface area contributed by atoms with Crippen LogP contribution in [0.25, 0.3) is 0 Å². The second-order valence-electron chi connectivity index (χ2n) is 4.79. The van der Waals surface area contributed by atoms with Gasteiger partial charge in [0.2, 0.25) is 0 Å². The van der Waals surface area contributed by atoms with E-state index in [0.717, 1.165) is 29.4 Å². The number of hydrogen-bond acceptors (Lipinski definition) is 4. The summed E-state index contributed by atoms with van der Waals surface area (Å²) in [7, 11) is 0. The average molecular weight is 315 g/mol. The van der Waals surface area contributed by atoms with Crippen LogP contribution in [-0.2, 0) is 6.54 Å². The van der Waals surface area contributed by atoms with E-state index in [1.54, 1.807) is 6.07 Å². The lowest BCUT2D eigenvalue weighted by atomic mass is 10.1. The Morgan fingerprint density at radius 3 is 2.72 bits per heavy atom. The molecule has 0 unspecified atom stereocenters. The summed E-state index contributed by atoms with van der Waals surface area (Å²) in [4.78, 5) is 10.2.